The van der Waals surface area contributed by atoms with E-state index in [1.165, 1.54) is 0 Å². The van der Waals surface area contributed by atoms with Crippen molar-refractivity contribution < 1.29 is 9.53 Å². The van der Waals surface area contributed by atoms with Gasteiger partial charge in [0.2, 0.25) is 5.91 Å². The Morgan fingerprint density at radius 1 is 1.44 bits per heavy atom. The molecule has 0 radical (unpaired) electrons. The van der Waals surface area contributed by atoms with Gasteiger partial charge in [-0.25, -0.2) is 0 Å². The number of ether oxygens (including phenoxy) is 1. The molecule has 2 unspecified atom stereocenters. The van der Waals surface area contributed by atoms with Crippen molar-refractivity contribution in [2.45, 2.75) is 25.9 Å². The number of nitrogens with zero attached hydrogens (tertiary/aromatic N) is 1. The molecule has 5 nitrogen and oxygen atoms in total. The smallest absolute Gasteiger partial charge is 0.234 e. The third-order valence-corrected chi connectivity index (χ3v) is 2.63. The first kappa shape index (κ1) is 13.4. The van der Waals surface area contributed by atoms with Gasteiger partial charge in [0.05, 0.1) is 13.2 Å². The van der Waals surface area contributed by atoms with Crippen LogP contribution >= 0.6 is 0 Å². The van der Waals surface area contributed by atoms with Gasteiger partial charge in [0.15, 0.2) is 0 Å². The minimum Gasteiger partial charge on any atom is -0.383 e. The molecule has 0 aliphatic carbocycles. The van der Waals surface area contributed by atoms with Crippen LogP contribution in [0.4, 0.5) is 0 Å². The highest BCUT2D eigenvalue weighted by Crippen LogP contribution is 2.02. The van der Waals surface area contributed by atoms with Crippen LogP contribution in [0.5, 0.6) is 0 Å². The van der Waals surface area contributed by atoms with Crippen molar-refractivity contribution in [1.82, 2.24) is 15.5 Å². The molecule has 0 aromatic heterocycles. The maximum absolute atomic E-state index is 11.6. The standard InChI is InChI=1S/C11H23N3O2/c1-9-6-14(7-10(2)13-9)8-11(15)12-4-5-16-3/h9-10,13H,4-8H2,1-3H3,(H,12,15). The second-order valence-corrected chi connectivity index (χ2v) is 4.51. The minimum absolute atomic E-state index is 0.0818. The number of rotatable bonds is 5. The maximum Gasteiger partial charge on any atom is 0.234 e. The van der Waals surface area contributed by atoms with Gasteiger partial charge in [-0.2, -0.15) is 0 Å². The summed E-state index contributed by atoms with van der Waals surface area (Å²) in [5.41, 5.74) is 0. The number of hydrogen-bond donors (Lipinski definition) is 2. The van der Waals surface area contributed by atoms with E-state index in [9.17, 15) is 4.79 Å². The van der Waals surface area contributed by atoms with Crippen LogP contribution in [0.25, 0.3) is 0 Å². The van der Waals surface area contributed by atoms with Gasteiger partial charge in [-0.3, -0.25) is 9.69 Å². The molecule has 0 aromatic carbocycles. The first-order valence-electron chi connectivity index (χ1n) is 5.86. The Morgan fingerprint density at radius 3 is 2.62 bits per heavy atom. The average Bonchev–Trinajstić information content (AvgIpc) is 2.16. The molecule has 0 spiro atoms. The van der Waals surface area contributed by atoms with Crippen LogP contribution in [0.1, 0.15) is 13.8 Å². The third-order valence-electron chi connectivity index (χ3n) is 2.63. The molecule has 2 atom stereocenters. The summed E-state index contributed by atoms with van der Waals surface area (Å²) in [6.07, 6.45) is 0. The van der Waals surface area contributed by atoms with E-state index in [4.69, 9.17) is 4.74 Å². The lowest BCUT2D eigenvalue weighted by molar-refractivity contribution is -0.122. The fourth-order valence-electron chi connectivity index (χ4n) is 2.12. The van der Waals surface area contributed by atoms with Crippen molar-refractivity contribution >= 4 is 5.91 Å². The van der Waals surface area contributed by atoms with Crippen molar-refractivity contribution in [2.24, 2.45) is 0 Å². The van der Waals surface area contributed by atoms with Crippen molar-refractivity contribution in [3.05, 3.63) is 0 Å². The molecule has 2 N–H and O–H groups in total. The molecule has 1 aliphatic heterocycles. The van der Waals surface area contributed by atoms with Crippen LogP contribution in [0, 0.1) is 0 Å². The van der Waals surface area contributed by atoms with Gasteiger partial charge < -0.3 is 15.4 Å². The topological polar surface area (TPSA) is 53.6 Å². The van der Waals surface area contributed by atoms with Gasteiger partial charge in [-0.1, -0.05) is 0 Å². The molecule has 0 bridgehead atoms. The minimum atomic E-state index is 0.0818. The monoisotopic (exact) mass is 229 g/mol. The van der Waals surface area contributed by atoms with E-state index in [1.54, 1.807) is 7.11 Å². The number of piperazine rings is 1. The summed E-state index contributed by atoms with van der Waals surface area (Å²) in [6, 6.07) is 0.908. The van der Waals surface area contributed by atoms with Crippen LogP contribution in [0.2, 0.25) is 0 Å². The van der Waals surface area contributed by atoms with Crippen LogP contribution in [-0.4, -0.2) is 62.8 Å². The second-order valence-electron chi connectivity index (χ2n) is 4.51. The Balaban J connectivity index is 2.22. The van der Waals surface area contributed by atoms with E-state index in [-0.39, 0.29) is 5.91 Å². The van der Waals surface area contributed by atoms with Gasteiger partial charge in [-0.05, 0) is 13.8 Å². The third kappa shape index (κ3) is 4.92. The van der Waals surface area contributed by atoms with E-state index in [2.05, 4.69) is 29.4 Å². The lowest BCUT2D eigenvalue weighted by Gasteiger charge is -2.35. The van der Waals surface area contributed by atoms with Crippen LogP contribution < -0.4 is 10.6 Å². The van der Waals surface area contributed by atoms with E-state index in [0.29, 0.717) is 31.8 Å². The van der Waals surface area contributed by atoms with E-state index in [0.717, 1.165) is 13.1 Å². The first-order chi connectivity index (χ1) is 7.61. The predicted octanol–water partition coefficient (Wildman–Crippen LogP) is -0.569. The Bertz CT molecular complexity index is 213. The zero-order chi connectivity index (χ0) is 12.0. The zero-order valence-corrected chi connectivity index (χ0v) is 10.5. The fourth-order valence-corrected chi connectivity index (χ4v) is 2.12. The lowest BCUT2D eigenvalue weighted by Crippen LogP contribution is -2.56. The Kier molecular flexibility index (Phi) is 5.73. The summed E-state index contributed by atoms with van der Waals surface area (Å²) in [5, 5.41) is 6.28. The molecule has 1 heterocycles. The Labute approximate surface area is 97.5 Å². The fraction of sp³-hybridized carbons (Fsp3) is 0.909. The maximum atomic E-state index is 11.6. The number of nitrogens with one attached hydrogen (secondary N) is 2. The average molecular weight is 229 g/mol. The van der Waals surface area contributed by atoms with Crippen LogP contribution in [0.15, 0.2) is 0 Å². The quantitative estimate of drug-likeness (QED) is 0.620. The molecular formula is C11H23N3O2. The summed E-state index contributed by atoms with van der Waals surface area (Å²) < 4.78 is 4.88. The second kappa shape index (κ2) is 6.83. The van der Waals surface area contributed by atoms with Crippen molar-refractivity contribution in [3.8, 4) is 0 Å². The van der Waals surface area contributed by atoms with Crippen molar-refractivity contribution in [1.29, 1.82) is 0 Å². The highest BCUT2D eigenvalue weighted by Gasteiger charge is 2.22. The summed E-state index contributed by atoms with van der Waals surface area (Å²) in [5.74, 6) is 0.0818. The Hall–Kier alpha value is -0.650. The molecule has 0 aromatic rings. The van der Waals surface area contributed by atoms with Crippen molar-refractivity contribution in [2.75, 3.05) is 39.9 Å². The molecule has 1 saturated heterocycles. The molecule has 5 heteroatoms. The van der Waals surface area contributed by atoms with Crippen LogP contribution in [-0.2, 0) is 9.53 Å². The van der Waals surface area contributed by atoms with E-state index < -0.39 is 0 Å². The number of carbonyl (C=O) groups is 1. The molecule has 1 aliphatic rings. The number of amides is 1. The van der Waals surface area contributed by atoms with Gasteiger partial charge in [0.1, 0.15) is 0 Å². The van der Waals surface area contributed by atoms with E-state index in [1.807, 2.05) is 0 Å². The van der Waals surface area contributed by atoms with Crippen LogP contribution in [0.3, 0.4) is 0 Å². The predicted molar refractivity (Wildman–Crippen MR) is 63.4 cm³/mol. The van der Waals surface area contributed by atoms with E-state index >= 15 is 0 Å². The number of hydrogen-bond acceptors (Lipinski definition) is 4. The summed E-state index contributed by atoms with van der Waals surface area (Å²) in [6.45, 7) is 7.80. The lowest BCUT2D eigenvalue weighted by atomic mass is 10.1. The number of carbonyl (C=O) groups excluding carboxylic acids is 1. The molecule has 1 rings (SSSR count). The van der Waals surface area contributed by atoms with Gasteiger partial charge in [-0.15, -0.1) is 0 Å². The molecule has 1 fully saturated rings. The molecule has 1 amide bonds. The number of methoxy groups -OCH3 is 1. The summed E-state index contributed by atoms with van der Waals surface area (Å²) in [7, 11) is 1.63. The summed E-state index contributed by atoms with van der Waals surface area (Å²) in [4.78, 5) is 13.8. The largest absolute Gasteiger partial charge is 0.383 e. The zero-order valence-electron chi connectivity index (χ0n) is 10.5. The normalized spacial score (nSPS) is 26.7. The first-order valence-corrected chi connectivity index (χ1v) is 5.86. The molecule has 0 saturated carbocycles. The highest BCUT2D eigenvalue weighted by molar-refractivity contribution is 5.78. The SMILES string of the molecule is COCCNC(=O)CN1CC(C)NC(C)C1. The highest BCUT2D eigenvalue weighted by atomic mass is 16.5. The van der Waals surface area contributed by atoms with Gasteiger partial charge >= 0.3 is 0 Å². The molecule has 16 heavy (non-hydrogen) atoms. The van der Waals surface area contributed by atoms with Gasteiger partial charge in [0.25, 0.3) is 0 Å². The van der Waals surface area contributed by atoms with Crippen molar-refractivity contribution in [3.63, 3.8) is 0 Å². The van der Waals surface area contributed by atoms with Gasteiger partial charge in [0, 0.05) is 38.8 Å². The summed E-state index contributed by atoms with van der Waals surface area (Å²) >= 11 is 0. The molecular weight excluding hydrogens is 206 g/mol. The Morgan fingerprint density at radius 2 is 2.06 bits per heavy atom. The molecule has 94 valence electrons.